The number of esters is 1. The molecule has 9 heteroatoms. The molecule has 0 aromatic heterocycles. The van der Waals surface area contributed by atoms with Crippen LogP contribution in [0.5, 0.6) is 0 Å². The number of nitrogens with zero attached hydrogens (tertiary/aromatic N) is 1. The van der Waals surface area contributed by atoms with Crippen molar-refractivity contribution in [2.45, 2.75) is 13.5 Å². The smallest absolute Gasteiger partial charge is 0.409 e. The first-order chi connectivity index (χ1) is 14.6. The third-order valence-electron chi connectivity index (χ3n) is 3.73. The molecular formula is C21H33NO8. The van der Waals surface area contributed by atoms with E-state index in [0.29, 0.717) is 59.4 Å². The molecule has 0 N–H and O–H groups in total. The molecule has 1 rings (SSSR count). The second kappa shape index (κ2) is 17.6. The fraction of sp³-hybridized carbons (Fsp3) is 0.619. The topological polar surface area (TPSA) is 92.8 Å². The van der Waals surface area contributed by atoms with Gasteiger partial charge in [0, 0.05) is 13.6 Å². The second-order valence-corrected chi connectivity index (χ2v) is 6.16. The van der Waals surface area contributed by atoms with Gasteiger partial charge in [-0.15, -0.1) is 0 Å². The fourth-order valence-corrected chi connectivity index (χ4v) is 2.14. The average molecular weight is 427 g/mol. The number of rotatable bonds is 17. The summed E-state index contributed by atoms with van der Waals surface area (Å²) < 4.78 is 31.2. The van der Waals surface area contributed by atoms with E-state index in [-0.39, 0.29) is 25.3 Å². The predicted octanol–water partition coefficient (Wildman–Crippen LogP) is 1.88. The molecule has 0 unspecified atom stereocenters. The number of hydrogen-bond acceptors (Lipinski definition) is 8. The molecule has 0 aliphatic heterocycles. The Labute approximate surface area is 178 Å². The van der Waals surface area contributed by atoms with Gasteiger partial charge in [0.15, 0.2) is 0 Å². The third-order valence-corrected chi connectivity index (χ3v) is 3.73. The van der Waals surface area contributed by atoms with Crippen LogP contribution in [-0.4, -0.2) is 90.0 Å². The van der Waals surface area contributed by atoms with Crippen molar-refractivity contribution in [3.8, 4) is 0 Å². The maximum absolute atomic E-state index is 11.9. The summed E-state index contributed by atoms with van der Waals surface area (Å²) in [7, 11) is 1.67. The van der Waals surface area contributed by atoms with E-state index < -0.39 is 0 Å². The van der Waals surface area contributed by atoms with Crippen LogP contribution in [0, 0.1) is 0 Å². The van der Waals surface area contributed by atoms with Gasteiger partial charge in [0.05, 0.1) is 52.9 Å². The van der Waals surface area contributed by atoms with Crippen molar-refractivity contribution >= 4 is 12.1 Å². The Morgan fingerprint density at radius 2 is 1.37 bits per heavy atom. The summed E-state index contributed by atoms with van der Waals surface area (Å²) in [6.07, 6.45) is -0.387. The third kappa shape index (κ3) is 13.9. The first-order valence-corrected chi connectivity index (χ1v) is 10.0. The highest BCUT2D eigenvalue weighted by atomic mass is 16.6. The SMILES string of the molecule is CCOC(=O)COCCOCCOCCOCCN(C)C(=O)OCc1ccccc1. The van der Waals surface area contributed by atoms with E-state index in [2.05, 4.69) is 0 Å². The fourth-order valence-electron chi connectivity index (χ4n) is 2.14. The van der Waals surface area contributed by atoms with Gasteiger partial charge in [-0.3, -0.25) is 0 Å². The molecule has 0 atom stereocenters. The van der Waals surface area contributed by atoms with Gasteiger partial charge in [0.25, 0.3) is 0 Å². The molecule has 30 heavy (non-hydrogen) atoms. The molecule has 1 amide bonds. The van der Waals surface area contributed by atoms with Gasteiger partial charge in [-0.2, -0.15) is 0 Å². The summed E-state index contributed by atoms with van der Waals surface area (Å²) in [6.45, 7) is 5.54. The van der Waals surface area contributed by atoms with Gasteiger partial charge in [0.2, 0.25) is 0 Å². The van der Waals surface area contributed by atoms with Crippen LogP contribution in [0.1, 0.15) is 12.5 Å². The van der Waals surface area contributed by atoms with Crippen LogP contribution < -0.4 is 0 Å². The molecule has 0 bridgehead atoms. The van der Waals surface area contributed by atoms with E-state index in [9.17, 15) is 9.59 Å². The largest absolute Gasteiger partial charge is 0.464 e. The number of benzene rings is 1. The molecule has 0 radical (unpaired) electrons. The first-order valence-electron chi connectivity index (χ1n) is 10.0. The standard InChI is InChI=1S/C21H33NO8/c1-3-29-20(23)18-28-16-15-27-14-13-26-12-11-25-10-9-22(2)21(24)30-17-19-7-5-4-6-8-19/h4-8H,3,9-18H2,1-2H3. The summed E-state index contributed by atoms with van der Waals surface area (Å²) in [4.78, 5) is 24.4. The Morgan fingerprint density at radius 3 is 1.97 bits per heavy atom. The molecule has 0 heterocycles. The second-order valence-electron chi connectivity index (χ2n) is 6.16. The van der Waals surface area contributed by atoms with Gasteiger partial charge in [0.1, 0.15) is 13.2 Å². The number of amides is 1. The van der Waals surface area contributed by atoms with Gasteiger partial charge >= 0.3 is 12.1 Å². The van der Waals surface area contributed by atoms with Crippen molar-refractivity contribution in [3.05, 3.63) is 35.9 Å². The summed E-state index contributed by atoms with van der Waals surface area (Å²) in [5, 5.41) is 0. The highest BCUT2D eigenvalue weighted by molar-refractivity contribution is 5.70. The predicted molar refractivity (Wildman–Crippen MR) is 109 cm³/mol. The van der Waals surface area contributed by atoms with Crippen molar-refractivity contribution in [1.82, 2.24) is 4.90 Å². The number of carbonyl (C=O) groups is 2. The highest BCUT2D eigenvalue weighted by Gasteiger charge is 2.09. The Kier molecular flexibility index (Phi) is 15.2. The lowest BCUT2D eigenvalue weighted by molar-refractivity contribution is -0.149. The molecule has 1 aromatic rings. The molecule has 0 aliphatic carbocycles. The molecule has 0 saturated carbocycles. The average Bonchev–Trinajstić information content (AvgIpc) is 2.76. The van der Waals surface area contributed by atoms with Crippen molar-refractivity contribution < 1.29 is 38.0 Å². The zero-order valence-corrected chi connectivity index (χ0v) is 17.9. The lowest BCUT2D eigenvalue weighted by atomic mass is 10.2. The number of carbonyl (C=O) groups excluding carboxylic acids is 2. The Morgan fingerprint density at radius 1 is 0.800 bits per heavy atom. The number of ether oxygens (including phenoxy) is 6. The van der Waals surface area contributed by atoms with E-state index >= 15 is 0 Å². The van der Waals surface area contributed by atoms with Crippen LogP contribution >= 0.6 is 0 Å². The lowest BCUT2D eigenvalue weighted by Gasteiger charge is -2.17. The molecule has 1 aromatic carbocycles. The zero-order chi connectivity index (χ0) is 21.9. The van der Waals surface area contributed by atoms with Crippen LogP contribution in [0.3, 0.4) is 0 Å². The minimum Gasteiger partial charge on any atom is -0.464 e. The Balaban J connectivity index is 1.85. The van der Waals surface area contributed by atoms with E-state index in [1.165, 1.54) is 4.90 Å². The van der Waals surface area contributed by atoms with Crippen LogP contribution in [0.25, 0.3) is 0 Å². The van der Waals surface area contributed by atoms with Crippen molar-refractivity contribution in [3.63, 3.8) is 0 Å². The van der Waals surface area contributed by atoms with Crippen LogP contribution in [0.15, 0.2) is 30.3 Å². The molecule has 0 spiro atoms. The summed E-state index contributed by atoms with van der Waals surface area (Å²) in [5.41, 5.74) is 0.945. The zero-order valence-electron chi connectivity index (χ0n) is 17.9. The number of likely N-dealkylation sites (N-methyl/N-ethyl adjacent to an activating group) is 1. The molecule has 9 nitrogen and oxygen atoms in total. The highest BCUT2D eigenvalue weighted by Crippen LogP contribution is 2.02. The van der Waals surface area contributed by atoms with E-state index in [1.54, 1.807) is 14.0 Å². The van der Waals surface area contributed by atoms with Crippen molar-refractivity contribution in [2.75, 3.05) is 73.1 Å². The lowest BCUT2D eigenvalue weighted by Crippen LogP contribution is -2.31. The minimum atomic E-state index is -0.387. The Bertz CT molecular complexity index is 569. The normalized spacial score (nSPS) is 10.6. The maximum Gasteiger partial charge on any atom is 0.409 e. The van der Waals surface area contributed by atoms with Gasteiger partial charge in [-0.25, -0.2) is 9.59 Å². The monoisotopic (exact) mass is 427 g/mol. The molecule has 0 aliphatic rings. The molecule has 0 saturated heterocycles. The van der Waals surface area contributed by atoms with Gasteiger partial charge in [-0.1, -0.05) is 30.3 Å². The van der Waals surface area contributed by atoms with Gasteiger partial charge < -0.3 is 33.3 Å². The molecular weight excluding hydrogens is 394 g/mol. The van der Waals surface area contributed by atoms with E-state index in [1.807, 2.05) is 30.3 Å². The summed E-state index contributed by atoms with van der Waals surface area (Å²) >= 11 is 0. The van der Waals surface area contributed by atoms with Crippen molar-refractivity contribution in [1.29, 1.82) is 0 Å². The first kappa shape index (κ1) is 25.8. The number of hydrogen-bond donors (Lipinski definition) is 0. The van der Waals surface area contributed by atoms with E-state index in [0.717, 1.165) is 5.56 Å². The van der Waals surface area contributed by atoms with Crippen LogP contribution in [0.2, 0.25) is 0 Å². The van der Waals surface area contributed by atoms with Crippen LogP contribution in [-0.2, 0) is 39.8 Å². The summed E-state index contributed by atoms with van der Waals surface area (Å²) in [5.74, 6) is -0.379. The molecule has 0 fully saturated rings. The minimum absolute atomic E-state index is 0.0645. The Hall–Kier alpha value is -2.20. The molecule has 170 valence electrons. The summed E-state index contributed by atoms with van der Waals surface area (Å²) in [6, 6.07) is 9.52. The van der Waals surface area contributed by atoms with Gasteiger partial charge in [-0.05, 0) is 12.5 Å². The maximum atomic E-state index is 11.9. The van der Waals surface area contributed by atoms with Crippen LogP contribution in [0.4, 0.5) is 4.79 Å². The quantitative estimate of drug-likeness (QED) is 0.275. The van der Waals surface area contributed by atoms with Crippen molar-refractivity contribution in [2.24, 2.45) is 0 Å². The van der Waals surface area contributed by atoms with E-state index in [4.69, 9.17) is 28.4 Å².